The van der Waals surface area contributed by atoms with Crippen LogP contribution in [0.25, 0.3) is 11.3 Å². The number of fused-ring (bicyclic) bond motifs is 1. The average molecular weight is 795 g/mol. The van der Waals surface area contributed by atoms with Gasteiger partial charge in [0.25, 0.3) is 11.5 Å². The van der Waals surface area contributed by atoms with Gasteiger partial charge in [0, 0.05) is 81.2 Å². The Labute approximate surface area is 337 Å². The number of aliphatic hydroxyl groups is 1. The van der Waals surface area contributed by atoms with E-state index in [4.69, 9.17) is 14.5 Å². The van der Waals surface area contributed by atoms with Crippen molar-refractivity contribution in [3.05, 3.63) is 94.3 Å². The van der Waals surface area contributed by atoms with Crippen LogP contribution in [0, 0.1) is 5.82 Å². The van der Waals surface area contributed by atoms with E-state index in [1.807, 2.05) is 32.9 Å². The SMILES string of the molecule is C=CC(=O)Nc1cc(Nc2nc(-c3ccnc(N4CCOc5cc(C(C)(C)C)cc(F)c5C4=O)c3CO)cn(C)c2=O)ccc1N1CCN(C2CCOCC2)C[C@@H]1C. The molecular weight excluding hydrogens is 744 g/mol. The Hall–Kier alpha value is -5.64. The highest BCUT2D eigenvalue weighted by atomic mass is 19.1. The van der Waals surface area contributed by atoms with Crippen molar-refractivity contribution in [2.45, 2.75) is 64.6 Å². The number of nitrogens with zero attached hydrogens (tertiary/aromatic N) is 6. The van der Waals surface area contributed by atoms with Crippen molar-refractivity contribution in [1.82, 2.24) is 19.4 Å². The molecule has 0 bridgehead atoms. The van der Waals surface area contributed by atoms with Crippen molar-refractivity contribution >= 4 is 40.5 Å². The normalized spacial score (nSPS) is 18.0. The number of aromatic nitrogens is 3. The summed E-state index contributed by atoms with van der Waals surface area (Å²) in [6.07, 6.45) is 6.26. The smallest absolute Gasteiger partial charge is 0.293 e. The zero-order valence-electron chi connectivity index (χ0n) is 33.7. The van der Waals surface area contributed by atoms with E-state index in [1.165, 1.54) is 34.0 Å². The predicted octanol–water partition coefficient (Wildman–Crippen LogP) is 5.37. The lowest BCUT2D eigenvalue weighted by Gasteiger charge is -2.45. The van der Waals surface area contributed by atoms with Crippen molar-refractivity contribution < 1.29 is 28.6 Å². The van der Waals surface area contributed by atoms with E-state index >= 15 is 4.39 Å². The summed E-state index contributed by atoms with van der Waals surface area (Å²) in [5.41, 5.74) is 2.55. The van der Waals surface area contributed by atoms with E-state index < -0.39 is 23.9 Å². The van der Waals surface area contributed by atoms with Crippen LogP contribution in [-0.4, -0.2) is 94.4 Å². The van der Waals surface area contributed by atoms with Crippen LogP contribution in [0.4, 0.5) is 33.1 Å². The van der Waals surface area contributed by atoms with Crippen LogP contribution in [0.2, 0.25) is 0 Å². The number of carbonyl (C=O) groups excluding carboxylic acids is 2. The quantitative estimate of drug-likeness (QED) is 0.188. The molecule has 14 nitrogen and oxygen atoms in total. The summed E-state index contributed by atoms with van der Waals surface area (Å²) >= 11 is 0. The number of nitrogens with one attached hydrogen (secondary N) is 2. The second-order valence-corrected chi connectivity index (χ2v) is 16.0. The predicted molar refractivity (Wildman–Crippen MR) is 222 cm³/mol. The average Bonchev–Trinajstić information content (AvgIpc) is 3.37. The number of benzene rings is 2. The first-order valence-corrected chi connectivity index (χ1v) is 19.7. The third-order valence-corrected chi connectivity index (χ3v) is 11.1. The summed E-state index contributed by atoms with van der Waals surface area (Å²) in [7, 11) is 1.58. The molecule has 3 aliphatic heterocycles. The second-order valence-electron chi connectivity index (χ2n) is 16.0. The minimum Gasteiger partial charge on any atom is -0.491 e. The van der Waals surface area contributed by atoms with Gasteiger partial charge in [-0.2, -0.15) is 0 Å². The number of anilines is 5. The fraction of sp³-hybridized carbons (Fsp3) is 0.419. The molecule has 0 saturated carbocycles. The van der Waals surface area contributed by atoms with Gasteiger partial charge in [-0.1, -0.05) is 27.4 Å². The summed E-state index contributed by atoms with van der Waals surface area (Å²) < 4.78 is 28.5. The number of hydrogen-bond acceptors (Lipinski definition) is 11. The molecule has 4 aromatic rings. The van der Waals surface area contributed by atoms with Crippen LogP contribution in [0.5, 0.6) is 5.75 Å². The van der Waals surface area contributed by atoms with Crippen LogP contribution >= 0.6 is 0 Å². The molecule has 15 heteroatoms. The number of ether oxygens (including phenoxy) is 2. The first-order chi connectivity index (χ1) is 27.8. The molecule has 0 radical (unpaired) electrons. The summed E-state index contributed by atoms with van der Waals surface area (Å²) in [6, 6.07) is 10.9. The number of aliphatic hydroxyl groups excluding tert-OH is 1. The van der Waals surface area contributed by atoms with E-state index in [2.05, 4.69) is 38.9 Å². The lowest BCUT2D eigenvalue weighted by Crippen LogP contribution is -2.56. The van der Waals surface area contributed by atoms with Gasteiger partial charge in [0.15, 0.2) is 5.82 Å². The van der Waals surface area contributed by atoms with Crippen molar-refractivity contribution in [3.63, 3.8) is 0 Å². The van der Waals surface area contributed by atoms with Gasteiger partial charge in [0.2, 0.25) is 5.91 Å². The lowest BCUT2D eigenvalue weighted by molar-refractivity contribution is -0.111. The summed E-state index contributed by atoms with van der Waals surface area (Å²) in [6.45, 7) is 15.3. The highest BCUT2D eigenvalue weighted by Crippen LogP contribution is 2.37. The fourth-order valence-corrected chi connectivity index (χ4v) is 7.96. The Morgan fingerprint density at radius 3 is 2.57 bits per heavy atom. The largest absolute Gasteiger partial charge is 0.491 e. The lowest BCUT2D eigenvalue weighted by atomic mass is 9.86. The topological polar surface area (TPSA) is 154 Å². The Morgan fingerprint density at radius 1 is 1.09 bits per heavy atom. The van der Waals surface area contributed by atoms with Gasteiger partial charge >= 0.3 is 0 Å². The van der Waals surface area contributed by atoms with Crippen LogP contribution in [0.15, 0.2) is 66.2 Å². The van der Waals surface area contributed by atoms with E-state index in [-0.39, 0.29) is 59.0 Å². The molecule has 2 aromatic carbocycles. The van der Waals surface area contributed by atoms with Crippen LogP contribution < -0.4 is 30.7 Å². The number of amides is 2. The molecule has 3 N–H and O–H groups in total. The van der Waals surface area contributed by atoms with E-state index in [1.54, 1.807) is 25.2 Å². The van der Waals surface area contributed by atoms with Gasteiger partial charge in [-0.05, 0) is 73.2 Å². The maximum absolute atomic E-state index is 15.7. The Bertz CT molecular complexity index is 2280. The molecule has 2 aromatic heterocycles. The molecule has 2 amide bonds. The maximum Gasteiger partial charge on any atom is 0.293 e. The summed E-state index contributed by atoms with van der Waals surface area (Å²) in [4.78, 5) is 55.5. The Balaban J connectivity index is 1.19. The van der Waals surface area contributed by atoms with Crippen LogP contribution in [0.3, 0.4) is 0 Å². The van der Waals surface area contributed by atoms with E-state index in [0.29, 0.717) is 34.2 Å². The van der Waals surface area contributed by atoms with Crippen molar-refractivity contribution in [1.29, 1.82) is 0 Å². The van der Waals surface area contributed by atoms with Gasteiger partial charge < -0.3 is 34.7 Å². The van der Waals surface area contributed by atoms with Gasteiger partial charge in [-0.3, -0.25) is 24.2 Å². The number of piperazine rings is 1. The first-order valence-electron chi connectivity index (χ1n) is 19.7. The van der Waals surface area contributed by atoms with Gasteiger partial charge in [0.1, 0.15) is 29.6 Å². The van der Waals surface area contributed by atoms with Gasteiger partial charge in [0.05, 0.1) is 30.2 Å². The molecule has 3 aliphatic rings. The number of hydrogen-bond donors (Lipinski definition) is 3. The van der Waals surface area contributed by atoms with Crippen LogP contribution in [-0.2, 0) is 28.6 Å². The third kappa shape index (κ3) is 8.20. The summed E-state index contributed by atoms with van der Waals surface area (Å²) in [5, 5.41) is 16.9. The number of aryl methyl sites for hydroxylation is 1. The number of halogens is 1. The second kappa shape index (κ2) is 16.7. The zero-order chi connectivity index (χ0) is 41.3. The minimum absolute atomic E-state index is 0.0145. The maximum atomic E-state index is 15.7. The van der Waals surface area contributed by atoms with Crippen molar-refractivity contribution in [2.24, 2.45) is 7.05 Å². The molecular formula is C43H51FN8O6. The van der Waals surface area contributed by atoms with Gasteiger partial charge in [-0.25, -0.2) is 14.4 Å². The molecule has 5 heterocycles. The van der Waals surface area contributed by atoms with Crippen LogP contribution in [0.1, 0.15) is 62.0 Å². The third-order valence-electron chi connectivity index (χ3n) is 11.1. The minimum atomic E-state index is -0.709. The number of pyridine rings is 1. The molecule has 0 aliphatic carbocycles. The standard InChI is InChI=1S/C43H51FN8O6/c1-7-37(54)47-33-22-28(8-9-35(33)51-15-14-50(23-26(51)2)29-11-17-57-18-12-29)46-39-42(56)49(6)24-34(48-39)30-10-13-45-40(31(30)25-53)52-16-19-58-36-21-27(43(3,4)5)20-32(44)38(36)41(52)55/h7-10,13,20-22,24,26,29,53H,1,11-12,14-19,23,25H2,2-6H3,(H,46,48)(H,47,54)/t26-/m0/s1. The van der Waals surface area contributed by atoms with E-state index in [0.717, 1.165) is 51.4 Å². The van der Waals surface area contributed by atoms with Crippen molar-refractivity contribution in [3.8, 4) is 17.0 Å². The number of carbonyl (C=O) groups is 2. The van der Waals surface area contributed by atoms with E-state index in [9.17, 15) is 19.5 Å². The first kappa shape index (κ1) is 40.6. The Kier molecular flexibility index (Phi) is 11.7. The highest BCUT2D eigenvalue weighted by molar-refractivity contribution is 6.08. The number of rotatable bonds is 9. The molecule has 2 fully saturated rings. The molecule has 0 spiro atoms. The molecule has 58 heavy (non-hydrogen) atoms. The molecule has 1 atom stereocenters. The monoisotopic (exact) mass is 794 g/mol. The highest BCUT2D eigenvalue weighted by Gasteiger charge is 2.34. The summed E-state index contributed by atoms with van der Waals surface area (Å²) in [5.74, 6) is -1.48. The van der Waals surface area contributed by atoms with Crippen molar-refractivity contribution in [2.75, 3.05) is 66.4 Å². The fourth-order valence-electron chi connectivity index (χ4n) is 7.96. The Morgan fingerprint density at radius 2 is 1.86 bits per heavy atom. The molecule has 0 unspecified atom stereocenters. The zero-order valence-corrected chi connectivity index (χ0v) is 33.7. The molecule has 7 rings (SSSR count). The van der Waals surface area contributed by atoms with Gasteiger partial charge in [-0.15, -0.1) is 0 Å². The molecule has 2 saturated heterocycles. The molecule has 306 valence electrons.